The molecule has 0 saturated carbocycles. The van der Waals surface area contributed by atoms with E-state index in [0.717, 1.165) is 32.6 Å². The molecule has 0 spiro atoms. The van der Waals surface area contributed by atoms with Crippen molar-refractivity contribution in [2.24, 2.45) is 5.92 Å². The quantitative estimate of drug-likeness (QED) is 0.727. The van der Waals surface area contributed by atoms with Gasteiger partial charge in [-0.2, -0.15) is 0 Å². The van der Waals surface area contributed by atoms with Crippen molar-refractivity contribution in [1.82, 2.24) is 19.8 Å². The third-order valence-electron chi connectivity index (χ3n) is 4.93. The van der Waals surface area contributed by atoms with Gasteiger partial charge < -0.3 is 14.9 Å². The van der Waals surface area contributed by atoms with Crippen molar-refractivity contribution in [1.29, 1.82) is 0 Å². The fraction of sp³-hybridized carbons (Fsp3) is 0.350. The topological polar surface area (TPSA) is 53.1 Å². The summed E-state index contributed by atoms with van der Waals surface area (Å²) in [6, 6.07) is 14.5. The first kappa shape index (κ1) is 16.0. The van der Waals surface area contributed by atoms with Crippen LogP contribution >= 0.6 is 0 Å². The molecule has 5 nitrogen and oxygen atoms in total. The van der Waals surface area contributed by atoms with E-state index in [2.05, 4.69) is 45.5 Å². The first-order valence-corrected chi connectivity index (χ1v) is 8.93. The van der Waals surface area contributed by atoms with E-state index in [9.17, 15) is 4.79 Å². The second kappa shape index (κ2) is 7.15. The van der Waals surface area contributed by atoms with Crippen molar-refractivity contribution in [2.45, 2.75) is 19.5 Å². The normalized spacial score (nSPS) is 18.0. The average molecular weight is 336 g/mol. The molecule has 0 bridgehead atoms. The van der Waals surface area contributed by atoms with E-state index in [4.69, 9.17) is 0 Å². The summed E-state index contributed by atoms with van der Waals surface area (Å²) < 4.78 is 1.90. The first-order chi connectivity index (χ1) is 12.3. The van der Waals surface area contributed by atoms with Crippen LogP contribution in [0.15, 0.2) is 54.9 Å². The molecule has 0 aliphatic carbocycles. The van der Waals surface area contributed by atoms with Crippen LogP contribution in [0.3, 0.4) is 0 Å². The zero-order valence-corrected chi connectivity index (χ0v) is 14.3. The van der Waals surface area contributed by atoms with Crippen molar-refractivity contribution >= 4 is 16.8 Å². The van der Waals surface area contributed by atoms with E-state index >= 15 is 0 Å². The largest absolute Gasteiger partial charge is 0.357 e. The maximum Gasteiger partial charge on any atom is 0.239 e. The molecule has 1 fully saturated rings. The number of hydrogen-bond acceptors (Lipinski definition) is 2. The number of carbonyl (C=O) groups excluding carboxylic acids is 1. The molecule has 5 heteroatoms. The Morgan fingerprint density at radius 2 is 2.04 bits per heavy atom. The van der Waals surface area contributed by atoms with Crippen LogP contribution in [0.25, 0.3) is 10.9 Å². The number of hydrogen-bond donors (Lipinski definition) is 2. The molecular weight excluding hydrogens is 312 g/mol. The first-order valence-electron chi connectivity index (χ1n) is 8.93. The minimum absolute atomic E-state index is 0.0882. The Hall–Kier alpha value is -2.53. The van der Waals surface area contributed by atoms with E-state index < -0.39 is 0 Å². The number of fused-ring (bicyclic) bond motifs is 1. The number of nitrogens with one attached hydrogen (secondary N) is 2. The van der Waals surface area contributed by atoms with Crippen molar-refractivity contribution < 1.29 is 4.79 Å². The van der Waals surface area contributed by atoms with Crippen LogP contribution in [0.1, 0.15) is 12.1 Å². The van der Waals surface area contributed by atoms with Gasteiger partial charge in [0.05, 0.1) is 0 Å². The molecule has 1 aromatic carbocycles. The third-order valence-corrected chi connectivity index (χ3v) is 4.93. The lowest BCUT2D eigenvalue weighted by Gasteiger charge is -2.15. The highest BCUT2D eigenvalue weighted by Gasteiger charge is 2.23. The fourth-order valence-corrected chi connectivity index (χ4v) is 3.64. The highest BCUT2D eigenvalue weighted by molar-refractivity contribution is 5.80. The Labute approximate surface area is 147 Å². The van der Waals surface area contributed by atoms with Crippen molar-refractivity contribution in [3.8, 4) is 0 Å². The summed E-state index contributed by atoms with van der Waals surface area (Å²) in [7, 11) is 0. The molecule has 1 aliphatic rings. The number of likely N-dealkylation sites (tertiary alicyclic amines) is 1. The smallest absolute Gasteiger partial charge is 0.239 e. The lowest BCUT2D eigenvalue weighted by molar-refractivity contribution is -0.121. The van der Waals surface area contributed by atoms with Crippen LogP contribution in [-0.4, -0.2) is 40.0 Å². The monoisotopic (exact) mass is 336 g/mol. The highest BCUT2D eigenvalue weighted by Crippen LogP contribution is 2.20. The van der Waals surface area contributed by atoms with E-state index in [1.165, 1.54) is 16.6 Å². The van der Waals surface area contributed by atoms with Gasteiger partial charge in [-0.25, -0.2) is 0 Å². The molecule has 1 atom stereocenters. The number of benzene rings is 1. The number of nitrogens with zero attached hydrogens (tertiary/aromatic N) is 2. The van der Waals surface area contributed by atoms with Gasteiger partial charge in [0.1, 0.15) is 6.54 Å². The highest BCUT2D eigenvalue weighted by atomic mass is 16.1. The molecular formula is C20H24N4O. The van der Waals surface area contributed by atoms with Gasteiger partial charge >= 0.3 is 0 Å². The number of carbonyl (C=O) groups is 1. The van der Waals surface area contributed by atoms with Gasteiger partial charge in [0, 0.05) is 43.2 Å². The van der Waals surface area contributed by atoms with Crippen LogP contribution in [0.2, 0.25) is 0 Å². The van der Waals surface area contributed by atoms with Gasteiger partial charge in [-0.15, -0.1) is 0 Å². The SMILES string of the molecule is O=C(Cn1cccc1)NC[C@H]1CCN(Cc2cc3ccccc3[nH]2)C1. The molecule has 4 rings (SSSR count). The van der Waals surface area contributed by atoms with Crippen LogP contribution in [0.5, 0.6) is 0 Å². The number of amides is 1. The number of rotatable bonds is 6. The zero-order valence-electron chi connectivity index (χ0n) is 14.3. The summed E-state index contributed by atoms with van der Waals surface area (Å²) in [5.41, 5.74) is 2.46. The minimum Gasteiger partial charge on any atom is -0.357 e. The van der Waals surface area contributed by atoms with Gasteiger partial charge in [-0.1, -0.05) is 18.2 Å². The Balaban J connectivity index is 1.24. The molecule has 2 N–H and O–H groups in total. The molecule has 0 unspecified atom stereocenters. The number of aromatic nitrogens is 2. The van der Waals surface area contributed by atoms with Gasteiger partial charge in [0.2, 0.25) is 5.91 Å². The van der Waals surface area contributed by atoms with E-state index in [0.29, 0.717) is 12.5 Å². The van der Waals surface area contributed by atoms with Crippen LogP contribution in [0.4, 0.5) is 0 Å². The van der Waals surface area contributed by atoms with Gasteiger partial charge in [0.15, 0.2) is 0 Å². The Kier molecular flexibility index (Phi) is 4.57. The number of para-hydroxylation sites is 1. The lowest BCUT2D eigenvalue weighted by atomic mass is 10.1. The van der Waals surface area contributed by atoms with Gasteiger partial charge in [0.25, 0.3) is 0 Å². The summed E-state index contributed by atoms with van der Waals surface area (Å²) in [5.74, 6) is 0.628. The second-order valence-electron chi connectivity index (χ2n) is 6.93. The molecule has 2 aromatic heterocycles. The molecule has 1 aliphatic heterocycles. The Bertz CT molecular complexity index is 803. The summed E-state index contributed by atoms with van der Waals surface area (Å²) in [6.45, 7) is 4.25. The third kappa shape index (κ3) is 3.94. The molecule has 25 heavy (non-hydrogen) atoms. The molecule has 3 heterocycles. The van der Waals surface area contributed by atoms with Crippen molar-refractivity contribution in [3.63, 3.8) is 0 Å². The van der Waals surface area contributed by atoms with Crippen molar-refractivity contribution in [2.75, 3.05) is 19.6 Å². The summed E-state index contributed by atoms with van der Waals surface area (Å²) >= 11 is 0. The molecule has 0 radical (unpaired) electrons. The summed E-state index contributed by atoms with van der Waals surface area (Å²) in [5, 5.41) is 4.34. The predicted molar refractivity (Wildman–Crippen MR) is 99.1 cm³/mol. The molecule has 1 amide bonds. The second-order valence-corrected chi connectivity index (χ2v) is 6.93. The predicted octanol–water partition coefficient (Wildman–Crippen LogP) is 2.61. The molecule has 130 valence electrons. The summed E-state index contributed by atoms with van der Waals surface area (Å²) in [4.78, 5) is 18.0. The van der Waals surface area contributed by atoms with E-state index in [-0.39, 0.29) is 5.91 Å². The Morgan fingerprint density at radius 3 is 2.88 bits per heavy atom. The average Bonchev–Trinajstić information content (AvgIpc) is 3.33. The van der Waals surface area contributed by atoms with E-state index in [1.54, 1.807) is 0 Å². The summed E-state index contributed by atoms with van der Waals surface area (Å²) in [6.07, 6.45) is 4.97. The van der Waals surface area contributed by atoms with Crippen molar-refractivity contribution in [3.05, 3.63) is 60.6 Å². The van der Waals surface area contributed by atoms with Crippen LogP contribution < -0.4 is 5.32 Å². The Morgan fingerprint density at radius 1 is 1.20 bits per heavy atom. The van der Waals surface area contributed by atoms with Gasteiger partial charge in [-0.3, -0.25) is 9.69 Å². The minimum atomic E-state index is 0.0882. The number of aromatic amines is 1. The standard InChI is InChI=1S/C20H24N4O/c25-20(15-23-8-3-4-9-23)21-12-16-7-10-24(13-16)14-18-11-17-5-1-2-6-19(17)22-18/h1-6,8-9,11,16,22H,7,10,12-15H2,(H,21,25)/t16-/m1/s1. The molecule has 1 saturated heterocycles. The zero-order chi connectivity index (χ0) is 17.1. The van der Waals surface area contributed by atoms with Crippen LogP contribution in [0, 0.1) is 5.92 Å². The lowest BCUT2D eigenvalue weighted by Crippen LogP contribution is -2.33. The van der Waals surface area contributed by atoms with Gasteiger partial charge in [-0.05, 0) is 48.5 Å². The fourth-order valence-electron chi connectivity index (χ4n) is 3.64. The molecule has 3 aromatic rings. The number of H-pyrrole nitrogens is 1. The van der Waals surface area contributed by atoms with E-state index in [1.807, 2.05) is 29.1 Å². The van der Waals surface area contributed by atoms with Crippen LogP contribution in [-0.2, 0) is 17.9 Å². The maximum atomic E-state index is 12.0. The maximum absolute atomic E-state index is 12.0.